The van der Waals surface area contributed by atoms with Crippen LogP contribution in [-0.2, 0) is 6.61 Å². The fourth-order valence-electron chi connectivity index (χ4n) is 3.78. The first kappa shape index (κ1) is 23.0. The fraction of sp³-hybridized carbons (Fsp3) is 0.0690. The van der Waals surface area contributed by atoms with Gasteiger partial charge in [0.05, 0.1) is 24.2 Å². The molecule has 0 N–H and O–H groups in total. The third-order valence-corrected chi connectivity index (χ3v) is 5.64. The van der Waals surface area contributed by atoms with Gasteiger partial charge in [0.1, 0.15) is 12.4 Å². The van der Waals surface area contributed by atoms with Crippen molar-refractivity contribution >= 4 is 17.1 Å². The highest BCUT2D eigenvalue weighted by Crippen LogP contribution is 2.29. The maximum Gasteiger partial charge on any atom is 0.282 e. The van der Waals surface area contributed by atoms with E-state index in [1.54, 1.807) is 54.7 Å². The summed E-state index contributed by atoms with van der Waals surface area (Å²) in [5.74, 6) is 1.03. The summed E-state index contributed by atoms with van der Waals surface area (Å²) in [6, 6.07) is 28.3. The highest BCUT2D eigenvalue weighted by Gasteiger charge is 2.12. The summed E-state index contributed by atoms with van der Waals surface area (Å²) in [4.78, 5) is 18.0. The zero-order valence-corrected chi connectivity index (χ0v) is 19.5. The lowest BCUT2D eigenvalue weighted by molar-refractivity contribution is 0.279. The van der Waals surface area contributed by atoms with Gasteiger partial charge in [-0.2, -0.15) is 9.78 Å². The Labute approximate surface area is 206 Å². The molecular formula is C29H22FN3O3. The van der Waals surface area contributed by atoms with Crippen LogP contribution in [0.15, 0.2) is 107 Å². The van der Waals surface area contributed by atoms with Crippen molar-refractivity contribution in [2.75, 3.05) is 7.11 Å². The molecule has 0 fully saturated rings. The lowest BCUT2D eigenvalue weighted by Crippen LogP contribution is -2.20. The third-order valence-electron chi connectivity index (χ3n) is 5.64. The molecule has 178 valence electrons. The first-order valence-electron chi connectivity index (χ1n) is 11.3. The van der Waals surface area contributed by atoms with E-state index in [9.17, 15) is 9.18 Å². The van der Waals surface area contributed by atoms with Crippen molar-refractivity contribution in [3.8, 4) is 22.9 Å². The van der Waals surface area contributed by atoms with Crippen molar-refractivity contribution in [3.05, 3.63) is 124 Å². The number of aromatic nitrogens is 2. The molecule has 0 bridgehead atoms. The van der Waals surface area contributed by atoms with Gasteiger partial charge in [-0.15, -0.1) is 0 Å². The van der Waals surface area contributed by atoms with Crippen molar-refractivity contribution in [2.24, 2.45) is 5.10 Å². The highest BCUT2D eigenvalue weighted by molar-refractivity contribution is 5.82. The van der Waals surface area contributed by atoms with Gasteiger partial charge in [0.2, 0.25) is 0 Å². The molecule has 6 nitrogen and oxygen atoms in total. The van der Waals surface area contributed by atoms with Crippen molar-refractivity contribution in [2.45, 2.75) is 6.61 Å². The SMILES string of the molecule is COc1cc(C=Nn2c(-c3ccccc3)nc3ccccc3c2=O)ccc1OCc1ccccc1F. The number of hydrogen-bond donors (Lipinski definition) is 0. The van der Waals surface area contributed by atoms with Gasteiger partial charge in [0.25, 0.3) is 5.56 Å². The van der Waals surface area contributed by atoms with Crippen molar-refractivity contribution in [1.82, 2.24) is 9.66 Å². The van der Waals surface area contributed by atoms with Gasteiger partial charge < -0.3 is 9.47 Å². The van der Waals surface area contributed by atoms with E-state index < -0.39 is 0 Å². The summed E-state index contributed by atoms with van der Waals surface area (Å²) in [5.41, 5.74) is 2.23. The molecule has 5 rings (SSSR count). The average molecular weight is 480 g/mol. The Hall–Kier alpha value is -4.78. The normalized spacial score (nSPS) is 11.2. The first-order valence-corrected chi connectivity index (χ1v) is 11.3. The number of para-hydroxylation sites is 1. The van der Waals surface area contributed by atoms with Crippen LogP contribution in [0, 0.1) is 5.82 Å². The number of nitrogens with zero attached hydrogens (tertiary/aromatic N) is 3. The van der Waals surface area contributed by atoms with Crippen LogP contribution in [0.3, 0.4) is 0 Å². The van der Waals surface area contributed by atoms with Crippen LogP contribution in [0.2, 0.25) is 0 Å². The minimum Gasteiger partial charge on any atom is -0.493 e. The van der Waals surface area contributed by atoms with Crippen LogP contribution in [0.5, 0.6) is 11.5 Å². The van der Waals surface area contributed by atoms with E-state index in [2.05, 4.69) is 5.10 Å². The Bertz CT molecular complexity index is 1610. The Morgan fingerprint density at radius 3 is 2.47 bits per heavy atom. The number of methoxy groups -OCH3 is 1. The lowest BCUT2D eigenvalue weighted by atomic mass is 10.2. The van der Waals surface area contributed by atoms with Crippen molar-refractivity contribution in [1.29, 1.82) is 0 Å². The molecule has 0 atom stereocenters. The molecule has 0 aliphatic carbocycles. The van der Waals surface area contributed by atoms with E-state index in [0.717, 1.165) is 5.56 Å². The van der Waals surface area contributed by atoms with Gasteiger partial charge in [-0.3, -0.25) is 4.79 Å². The monoisotopic (exact) mass is 479 g/mol. The molecule has 0 saturated heterocycles. The molecule has 0 aliphatic heterocycles. The second kappa shape index (κ2) is 10.2. The maximum absolute atomic E-state index is 13.9. The predicted molar refractivity (Wildman–Crippen MR) is 138 cm³/mol. The zero-order chi connectivity index (χ0) is 24.9. The highest BCUT2D eigenvalue weighted by atomic mass is 19.1. The number of fused-ring (bicyclic) bond motifs is 1. The lowest BCUT2D eigenvalue weighted by Gasteiger charge is -2.12. The maximum atomic E-state index is 13.9. The molecule has 7 heteroatoms. The Balaban J connectivity index is 1.49. The van der Waals surface area contributed by atoms with Crippen LogP contribution in [0.1, 0.15) is 11.1 Å². The van der Waals surface area contributed by atoms with Gasteiger partial charge in [-0.05, 0) is 42.0 Å². The molecule has 0 unspecified atom stereocenters. The van der Waals surface area contributed by atoms with Crippen LogP contribution >= 0.6 is 0 Å². The van der Waals surface area contributed by atoms with E-state index in [4.69, 9.17) is 14.5 Å². The smallest absolute Gasteiger partial charge is 0.282 e. The summed E-state index contributed by atoms with van der Waals surface area (Å²) >= 11 is 0. The van der Waals surface area contributed by atoms with Crippen LogP contribution in [-0.4, -0.2) is 23.0 Å². The summed E-state index contributed by atoms with van der Waals surface area (Å²) in [5, 5.41) is 4.96. The summed E-state index contributed by atoms with van der Waals surface area (Å²) in [6.07, 6.45) is 1.56. The molecule has 4 aromatic carbocycles. The molecule has 0 spiro atoms. The summed E-state index contributed by atoms with van der Waals surface area (Å²) in [6.45, 7) is 0.0645. The number of halogens is 1. The van der Waals surface area contributed by atoms with Gasteiger partial charge >= 0.3 is 0 Å². The van der Waals surface area contributed by atoms with E-state index in [0.29, 0.717) is 39.4 Å². The summed E-state index contributed by atoms with van der Waals surface area (Å²) in [7, 11) is 1.53. The molecule has 1 heterocycles. The first-order chi connectivity index (χ1) is 17.6. The molecule has 0 aliphatic rings. The Kier molecular flexibility index (Phi) is 6.53. The average Bonchev–Trinajstić information content (AvgIpc) is 2.92. The molecule has 0 amide bonds. The standard InChI is InChI=1S/C29H22FN3O3/c1-35-27-17-20(15-16-26(27)36-19-22-11-5-7-13-24(22)30)18-31-33-28(21-9-3-2-4-10-21)32-25-14-8-6-12-23(25)29(33)34/h2-18H,19H2,1H3. The summed E-state index contributed by atoms with van der Waals surface area (Å²) < 4.78 is 26.5. The molecule has 5 aromatic rings. The fourth-order valence-corrected chi connectivity index (χ4v) is 3.78. The van der Waals surface area contributed by atoms with Gasteiger partial charge in [-0.25, -0.2) is 9.37 Å². The quantitative estimate of drug-likeness (QED) is 0.282. The van der Waals surface area contributed by atoms with E-state index in [1.807, 2.05) is 42.5 Å². The molecule has 36 heavy (non-hydrogen) atoms. The largest absolute Gasteiger partial charge is 0.493 e. The Morgan fingerprint density at radius 2 is 1.67 bits per heavy atom. The van der Waals surface area contributed by atoms with E-state index >= 15 is 0 Å². The predicted octanol–water partition coefficient (Wildman–Crippen LogP) is 5.67. The topological polar surface area (TPSA) is 65.7 Å². The molecule has 0 radical (unpaired) electrons. The minimum atomic E-state index is -0.330. The minimum absolute atomic E-state index is 0.0645. The third kappa shape index (κ3) is 4.72. The number of benzene rings is 4. The molecule has 0 saturated carbocycles. The van der Waals surface area contributed by atoms with Crippen molar-refractivity contribution < 1.29 is 13.9 Å². The van der Waals surface area contributed by atoms with Gasteiger partial charge in [0, 0.05) is 11.1 Å². The Morgan fingerprint density at radius 1 is 0.917 bits per heavy atom. The van der Waals surface area contributed by atoms with Crippen LogP contribution < -0.4 is 15.0 Å². The van der Waals surface area contributed by atoms with E-state index in [-0.39, 0.29) is 18.0 Å². The van der Waals surface area contributed by atoms with Crippen LogP contribution in [0.25, 0.3) is 22.3 Å². The van der Waals surface area contributed by atoms with Crippen LogP contribution in [0.4, 0.5) is 4.39 Å². The second-order valence-electron chi connectivity index (χ2n) is 7.97. The number of ether oxygens (including phenoxy) is 2. The number of hydrogen-bond acceptors (Lipinski definition) is 5. The van der Waals surface area contributed by atoms with Gasteiger partial charge in [0.15, 0.2) is 17.3 Å². The number of rotatable bonds is 7. The molecular weight excluding hydrogens is 457 g/mol. The van der Waals surface area contributed by atoms with Gasteiger partial charge in [-0.1, -0.05) is 60.7 Å². The molecule has 1 aromatic heterocycles. The van der Waals surface area contributed by atoms with E-state index in [1.165, 1.54) is 17.9 Å². The van der Waals surface area contributed by atoms with Crippen molar-refractivity contribution in [3.63, 3.8) is 0 Å². The second-order valence-corrected chi connectivity index (χ2v) is 7.97. The zero-order valence-electron chi connectivity index (χ0n) is 19.5.